The molecule has 94 valence electrons. The van der Waals surface area contributed by atoms with Crippen molar-refractivity contribution in [2.24, 2.45) is 0 Å². The molecule has 1 rings (SSSR count). The van der Waals surface area contributed by atoms with Gasteiger partial charge in [0.1, 0.15) is 0 Å². The maximum absolute atomic E-state index is 11.6. The normalized spacial score (nSPS) is 15.0. The van der Waals surface area contributed by atoms with Crippen LogP contribution < -0.4 is 0 Å². The van der Waals surface area contributed by atoms with Gasteiger partial charge in [-0.3, -0.25) is 4.55 Å². The summed E-state index contributed by atoms with van der Waals surface area (Å²) in [6, 6.07) is 7.77. The van der Waals surface area contributed by atoms with Crippen molar-refractivity contribution in [2.75, 3.05) is 7.11 Å². The van der Waals surface area contributed by atoms with Crippen molar-refractivity contribution >= 4 is 16.1 Å². The Kier molecular flexibility index (Phi) is 3.87. The van der Waals surface area contributed by atoms with Crippen molar-refractivity contribution in [1.82, 2.24) is 0 Å². The molecule has 0 bridgehead atoms. The molecule has 0 heterocycles. The number of methoxy groups -OCH3 is 1. The smallest absolute Gasteiger partial charge is 0.341 e. The van der Waals surface area contributed by atoms with E-state index in [4.69, 9.17) is 4.55 Å². The van der Waals surface area contributed by atoms with Gasteiger partial charge in [-0.25, -0.2) is 4.79 Å². The molecular weight excluding hydrogens is 248 g/mol. The van der Waals surface area contributed by atoms with E-state index < -0.39 is 21.2 Å². The van der Waals surface area contributed by atoms with E-state index in [2.05, 4.69) is 9.47 Å². The fourth-order valence-corrected chi connectivity index (χ4v) is 1.39. The molecule has 0 aliphatic rings. The first kappa shape index (κ1) is 13.6. The van der Waals surface area contributed by atoms with Crippen LogP contribution in [0.1, 0.15) is 17.3 Å². The molecule has 0 saturated carbocycles. The van der Waals surface area contributed by atoms with Crippen LogP contribution in [0.15, 0.2) is 30.3 Å². The molecule has 6 nitrogen and oxygen atoms in total. The molecule has 1 atom stereocenters. The third kappa shape index (κ3) is 3.02. The van der Waals surface area contributed by atoms with Crippen LogP contribution in [-0.4, -0.2) is 31.2 Å². The highest BCUT2D eigenvalue weighted by Crippen LogP contribution is 2.20. The lowest BCUT2D eigenvalue weighted by molar-refractivity contribution is -0.116. The lowest BCUT2D eigenvalue weighted by atomic mass is 10.2. The summed E-state index contributed by atoms with van der Waals surface area (Å²) in [5.41, 5.74) is 0.152. The first-order chi connectivity index (χ1) is 7.80. The molecule has 0 aromatic heterocycles. The van der Waals surface area contributed by atoms with E-state index >= 15 is 0 Å². The van der Waals surface area contributed by atoms with Crippen LogP contribution in [0.2, 0.25) is 0 Å². The fraction of sp³-hybridized carbons (Fsp3) is 0.300. The van der Waals surface area contributed by atoms with E-state index in [1.807, 2.05) is 0 Å². The van der Waals surface area contributed by atoms with Crippen molar-refractivity contribution in [1.29, 1.82) is 0 Å². The van der Waals surface area contributed by atoms with Gasteiger partial charge in [-0.05, 0) is 12.1 Å². The minimum Gasteiger partial charge on any atom is -0.412 e. The highest BCUT2D eigenvalue weighted by molar-refractivity contribution is 7.86. The standard InChI is InChI=1S/C10H12O6S/c1-10(15-2,17(12,13)14)16-9(11)8-6-4-3-5-7-8/h3-7H,1-2H3,(H,12,13,14). The zero-order valence-electron chi connectivity index (χ0n) is 9.28. The predicted molar refractivity (Wildman–Crippen MR) is 58.8 cm³/mol. The van der Waals surface area contributed by atoms with Gasteiger partial charge >= 0.3 is 21.2 Å². The largest absolute Gasteiger partial charge is 0.412 e. The molecule has 1 unspecified atom stereocenters. The monoisotopic (exact) mass is 260 g/mol. The van der Waals surface area contributed by atoms with Gasteiger partial charge in [0, 0.05) is 14.0 Å². The Morgan fingerprint density at radius 1 is 1.29 bits per heavy atom. The van der Waals surface area contributed by atoms with E-state index in [0.717, 1.165) is 14.0 Å². The molecule has 1 N–H and O–H groups in total. The van der Waals surface area contributed by atoms with E-state index in [-0.39, 0.29) is 5.56 Å². The van der Waals surface area contributed by atoms with Gasteiger partial charge in [0.05, 0.1) is 5.56 Å². The van der Waals surface area contributed by atoms with E-state index in [1.54, 1.807) is 18.2 Å². The Morgan fingerprint density at radius 2 is 1.82 bits per heavy atom. The van der Waals surface area contributed by atoms with Crippen LogP contribution in [0, 0.1) is 0 Å². The third-order valence-corrected chi connectivity index (χ3v) is 3.31. The second-order valence-corrected chi connectivity index (χ2v) is 4.99. The van der Waals surface area contributed by atoms with E-state index in [0.29, 0.717) is 0 Å². The van der Waals surface area contributed by atoms with Gasteiger partial charge in [-0.15, -0.1) is 0 Å². The number of hydrogen-bond acceptors (Lipinski definition) is 5. The van der Waals surface area contributed by atoms with Crippen molar-refractivity contribution in [3.8, 4) is 0 Å². The molecule has 0 radical (unpaired) electrons. The summed E-state index contributed by atoms with van der Waals surface area (Å²) < 4.78 is 40.1. The zero-order valence-corrected chi connectivity index (χ0v) is 10.1. The lowest BCUT2D eigenvalue weighted by Crippen LogP contribution is -2.41. The number of hydrogen-bond donors (Lipinski definition) is 1. The minimum atomic E-state index is -4.68. The van der Waals surface area contributed by atoms with Crippen LogP contribution >= 0.6 is 0 Å². The SMILES string of the molecule is COC(C)(OC(=O)c1ccccc1)S(=O)(=O)O. The zero-order chi connectivity index (χ0) is 13.1. The van der Waals surface area contributed by atoms with Gasteiger partial charge in [0.15, 0.2) is 0 Å². The number of ether oxygens (including phenoxy) is 2. The predicted octanol–water partition coefficient (Wildman–Crippen LogP) is 1.05. The minimum absolute atomic E-state index is 0.152. The first-order valence-electron chi connectivity index (χ1n) is 4.61. The third-order valence-electron chi connectivity index (χ3n) is 2.13. The number of benzene rings is 1. The molecule has 0 fully saturated rings. The molecule has 0 spiro atoms. The summed E-state index contributed by atoms with van der Waals surface area (Å²) in [6.45, 7) is 0.934. The lowest BCUT2D eigenvalue weighted by Gasteiger charge is -2.24. The van der Waals surface area contributed by atoms with Crippen LogP contribution in [-0.2, 0) is 19.6 Å². The quantitative estimate of drug-likeness (QED) is 0.494. The average molecular weight is 260 g/mol. The Balaban J connectivity index is 2.95. The molecule has 7 heteroatoms. The Morgan fingerprint density at radius 3 is 2.24 bits per heavy atom. The van der Waals surface area contributed by atoms with Gasteiger partial charge in [0.2, 0.25) is 0 Å². The van der Waals surface area contributed by atoms with Crippen LogP contribution in [0.5, 0.6) is 0 Å². The summed E-state index contributed by atoms with van der Waals surface area (Å²) in [7, 11) is -3.68. The van der Waals surface area contributed by atoms with Crippen LogP contribution in [0.3, 0.4) is 0 Å². The summed E-state index contributed by atoms with van der Waals surface area (Å²) >= 11 is 0. The van der Waals surface area contributed by atoms with Crippen molar-refractivity contribution < 1.29 is 27.2 Å². The maximum atomic E-state index is 11.6. The van der Waals surface area contributed by atoms with Gasteiger partial charge in [0.25, 0.3) is 0 Å². The number of carbonyl (C=O) groups excluding carboxylic acids is 1. The highest BCUT2D eigenvalue weighted by Gasteiger charge is 2.43. The van der Waals surface area contributed by atoms with E-state index in [1.165, 1.54) is 12.1 Å². The number of rotatable bonds is 4. The second kappa shape index (κ2) is 4.82. The summed E-state index contributed by atoms with van der Waals surface area (Å²) in [5.74, 6) is -0.910. The maximum Gasteiger partial charge on any atom is 0.341 e. The molecule has 0 amide bonds. The molecule has 1 aromatic carbocycles. The first-order valence-corrected chi connectivity index (χ1v) is 6.05. The Hall–Kier alpha value is -1.44. The summed E-state index contributed by atoms with van der Waals surface area (Å²) in [6.07, 6.45) is 0. The van der Waals surface area contributed by atoms with Crippen molar-refractivity contribution in [3.63, 3.8) is 0 Å². The van der Waals surface area contributed by atoms with Gasteiger partial charge in [-0.2, -0.15) is 8.42 Å². The molecule has 0 aliphatic heterocycles. The highest BCUT2D eigenvalue weighted by atomic mass is 32.2. The topological polar surface area (TPSA) is 89.9 Å². The van der Waals surface area contributed by atoms with E-state index in [9.17, 15) is 13.2 Å². The van der Waals surface area contributed by atoms with Crippen molar-refractivity contribution in [2.45, 2.75) is 12.0 Å². The molecule has 0 aliphatic carbocycles. The number of esters is 1. The Labute approximate surface area is 98.9 Å². The molecule has 17 heavy (non-hydrogen) atoms. The second-order valence-electron chi connectivity index (χ2n) is 3.30. The molecular formula is C10H12O6S. The fourth-order valence-electron chi connectivity index (χ4n) is 1.00. The number of carbonyl (C=O) groups is 1. The molecule has 1 aromatic rings. The van der Waals surface area contributed by atoms with Crippen LogP contribution in [0.4, 0.5) is 0 Å². The van der Waals surface area contributed by atoms with Crippen LogP contribution in [0.25, 0.3) is 0 Å². The Bertz CT molecular complexity index is 495. The van der Waals surface area contributed by atoms with Crippen molar-refractivity contribution in [3.05, 3.63) is 35.9 Å². The summed E-state index contributed by atoms with van der Waals surface area (Å²) in [4.78, 5) is 11.6. The van der Waals surface area contributed by atoms with Gasteiger partial charge in [-0.1, -0.05) is 18.2 Å². The molecule has 0 saturated heterocycles. The summed E-state index contributed by atoms with van der Waals surface area (Å²) in [5, 5.41) is -2.42. The van der Waals surface area contributed by atoms with Gasteiger partial charge < -0.3 is 9.47 Å². The average Bonchev–Trinajstić information content (AvgIpc) is 2.28.